The van der Waals surface area contributed by atoms with E-state index in [9.17, 15) is 9.90 Å². The summed E-state index contributed by atoms with van der Waals surface area (Å²) in [5.74, 6) is 0.584. The van der Waals surface area contributed by atoms with E-state index < -0.39 is 11.9 Å². The number of nitrogens with zero attached hydrogens (tertiary/aromatic N) is 6. The van der Waals surface area contributed by atoms with Crippen molar-refractivity contribution in [3.05, 3.63) is 65.0 Å². The number of aromatic nitrogens is 5. The number of likely N-dealkylation sites (tertiary alicyclic amines) is 1. The van der Waals surface area contributed by atoms with E-state index in [1.54, 1.807) is 0 Å². The van der Waals surface area contributed by atoms with Crippen molar-refractivity contribution in [1.82, 2.24) is 29.4 Å². The van der Waals surface area contributed by atoms with Crippen molar-refractivity contribution in [2.45, 2.75) is 85.4 Å². The summed E-state index contributed by atoms with van der Waals surface area (Å²) in [5, 5.41) is 18.2. The molecule has 1 fully saturated rings. The molecule has 0 radical (unpaired) electrons. The van der Waals surface area contributed by atoms with Crippen LogP contribution in [0.3, 0.4) is 0 Å². The Kier molecular flexibility index (Phi) is 9.14. The minimum Gasteiger partial charge on any atom is -0.481 e. The van der Waals surface area contributed by atoms with Gasteiger partial charge in [-0.3, -0.25) is 14.4 Å². The van der Waals surface area contributed by atoms with Gasteiger partial charge in [-0.2, -0.15) is 0 Å². The topological polar surface area (TPSA) is 89.1 Å². The molecular weight excluding hydrogens is 464 g/mol. The molecule has 37 heavy (non-hydrogen) atoms. The van der Waals surface area contributed by atoms with Crippen molar-refractivity contribution in [3.63, 3.8) is 0 Å². The van der Waals surface area contributed by atoms with Crippen LogP contribution >= 0.6 is 0 Å². The lowest BCUT2D eigenvalue weighted by Gasteiger charge is -2.31. The van der Waals surface area contributed by atoms with Gasteiger partial charge in [-0.05, 0) is 81.1 Å². The summed E-state index contributed by atoms with van der Waals surface area (Å²) in [6.07, 6.45) is 11.1. The molecule has 8 nitrogen and oxygen atoms in total. The van der Waals surface area contributed by atoms with Crippen LogP contribution < -0.4 is 0 Å². The summed E-state index contributed by atoms with van der Waals surface area (Å²) < 4.78 is 4.06. The molecule has 2 aromatic heterocycles. The Hall–Kier alpha value is -3.00. The molecule has 1 saturated heterocycles. The number of imidazole rings is 1. The van der Waals surface area contributed by atoms with E-state index in [-0.39, 0.29) is 5.92 Å². The quantitative estimate of drug-likeness (QED) is 0.375. The fourth-order valence-electron chi connectivity index (χ4n) is 5.45. The van der Waals surface area contributed by atoms with Gasteiger partial charge in [-0.25, -0.2) is 4.98 Å². The molecule has 8 heteroatoms. The molecule has 1 aromatic carbocycles. The SMILES string of the molecule is CCC1CCN(Cc2nccn2Cc2cc(C(CCc3cn(CC)nn3)C(C)C(=O)O)ccc2C)CC1. The van der Waals surface area contributed by atoms with Gasteiger partial charge < -0.3 is 9.67 Å². The van der Waals surface area contributed by atoms with Crippen LogP contribution in [0.25, 0.3) is 0 Å². The van der Waals surface area contributed by atoms with Crippen LogP contribution in [0.5, 0.6) is 0 Å². The molecule has 0 saturated carbocycles. The monoisotopic (exact) mass is 506 g/mol. The number of carboxylic acids is 1. The highest BCUT2D eigenvalue weighted by atomic mass is 16.4. The van der Waals surface area contributed by atoms with Gasteiger partial charge in [0.05, 0.1) is 18.2 Å². The van der Waals surface area contributed by atoms with Crippen LogP contribution in [-0.2, 0) is 30.8 Å². The van der Waals surface area contributed by atoms with Gasteiger partial charge in [0.15, 0.2) is 0 Å². The number of hydrogen-bond acceptors (Lipinski definition) is 5. The van der Waals surface area contributed by atoms with Gasteiger partial charge in [0.25, 0.3) is 0 Å². The lowest BCUT2D eigenvalue weighted by atomic mass is 9.82. The average Bonchev–Trinajstić information content (AvgIpc) is 3.55. The minimum atomic E-state index is -0.770. The number of hydrogen-bond donors (Lipinski definition) is 1. The highest BCUT2D eigenvalue weighted by molar-refractivity contribution is 5.71. The van der Waals surface area contributed by atoms with Crippen LogP contribution in [0.4, 0.5) is 0 Å². The van der Waals surface area contributed by atoms with Gasteiger partial charge in [-0.15, -0.1) is 5.10 Å². The molecule has 0 amide bonds. The predicted octanol–water partition coefficient (Wildman–Crippen LogP) is 4.91. The maximum absolute atomic E-state index is 12.0. The third-order valence-electron chi connectivity index (χ3n) is 8.21. The fraction of sp³-hybridized carbons (Fsp3) is 0.586. The molecule has 1 N–H and O–H groups in total. The number of piperidine rings is 1. The van der Waals surface area contributed by atoms with Crippen LogP contribution in [-0.4, -0.2) is 53.6 Å². The second-order valence-corrected chi connectivity index (χ2v) is 10.6. The molecule has 1 aliphatic heterocycles. The lowest BCUT2D eigenvalue weighted by molar-refractivity contribution is -0.142. The molecule has 1 aliphatic rings. The van der Waals surface area contributed by atoms with Crippen molar-refractivity contribution in [2.24, 2.45) is 11.8 Å². The number of aryl methyl sites for hydroxylation is 3. The smallest absolute Gasteiger partial charge is 0.306 e. The first-order valence-electron chi connectivity index (χ1n) is 13.8. The second kappa shape index (κ2) is 12.5. The maximum Gasteiger partial charge on any atom is 0.306 e. The van der Waals surface area contributed by atoms with Crippen LogP contribution in [0.1, 0.15) is 80.6 Å². The lowest BCUT2D eigenvalue weighted by Crippen LogP contribution is -2.34. The van der Waals surface area contributed by atoms with E-state index in [4.69, 9.17) is 0 Å². The number of rotatable bonds is 12. The van der Waals surface area contributed by atoms with E-state index >= 15 is 0 Å². The minimum absolute atomic E-state index is 0.106. The normalized spacial score (nSPS) is 16.6. The van der Waals surface area contributed by atoms with Crippen molar-refractivity contribution in [1.29, 1.82) is 0 Å². The van der Waals surface area contributed by atoms with Gasteiger partial charge in [0.2, 0.25) is 0 Å². The summed E-state index contributed by atoms with van der Waals surface area (Å²) in [5.41, 5.74) is 4.39. The van der Waals surface area contributed by atoms with Crippen molar-refractivity contribution in [2.75, 3.05) is 13.1 Å². The molecule has 200 valence electrons. The molecule has 4 rings (SSSR count). The van der Waals surface area contributed by atoms with Crippen LogP contribution in [0.15, 0.2) is 36.8 Å². The molecule has 2 unspecified atom stereocenters. The first kappa shape index (κ1) is 27.0. The van der Waals surface area contributed by atoms with Gasteiger partial charge in [0, 0.05) is 31.7 Å². The van der Waals surface area contributed by atoms with E-state index in [1.807, 2.05) is 30.9 Å². The number of carboxylic acid groups (broad SMARTS) is 1. The van der Waals surface area contributed by atoms with E-state index in [0.29, 0.717) is 12.8 Å². The highest BCUT2D eigenvalue weighted by Crippen LogP contribution is 2.31. The Morgan fingerprint density at radius 1 is 1.19 bits per heavy atom. The van der Waals surface area contributed by atoms with Gasteiger partial charge in [0.1, 0.15) is 5.82 Å². The summed E-state index contributed by atoms with van der Waals surface area (Å²) in [4.78, 5) is 19.2. The standard InChI is InChI=1S/C29H42N6O2/c1-5-23-11-14-33(15-12-23)20-28-30-13-16-34(28)18-25-17-24(8-7-21(25)3)27(22(4)29(36)37)10-9-26-19-35(6-2)32-31-26/h7-8,13,16-17,19,22-23,27H,5-6,9-12,14-15,18,20H2,1-4H3,(H,36,37). The Bertz CT molecular complexity index is 1160. The Morgan fingerprint density at radius 2 is 1.97 bits per heavy atom. The second-order valence-electron chi connectivity index (χ2n) is 10.6. The van der Waals surface area contributed by atoms with E-state index in [1.165, 1.54) is 30.4 Å². The molecule has 0 aliphatic carbocycles. The fourth-order valence-corrected chi connectivity index (χ4v) is 5.45. The third-order valence-corrected chi connectivity index (χ3v) is 8.21. The zero-order valence-corrected chi connectivity index (χ0v) is 22.8. The van der Waals surface area contributed by atoms with Crippen LogP contribution in [0.2, 0.25) is 0 Å². The molecular formula is C29H42N6O2. The number of carbonyl (C=O) groups is 1. The highest BCUT2D eigenvalue weighted by Gasteiger charge is 2.26. The largest absolute Gasteiger partial charge is 0.481 e. The van der Waals surface area contributed by atoms with Gasteiger partial charge >= 0.3 is 5.97 Å². The zero-order chi connectivity index (χ0) is 26.4. The molecule has 0 bridgehead atoms. The van der Waals surface area contributed by atoms with Crippen molar-refractivity contribution in [3.8, 4) is 0 Å². The molecule has 3 heterocycles. The zero-order valence-electron chi connectivity index (χ0n) is 22.8. The predicted molar refractivity (Wildman–Crippen MR) is 144 cm³/mol. The summed E-state index contributed by atoms with van der Waals surface area (Å²) >= 11 is 0. The number of benzene rings is 1. The first-order chi connectivity index (χ1) is 17.9. The van der Waals surface area contributed by atoms with E-state index in [0.717, 1.165) is 55.7 Å². The Labute approximate surface area is 220 Å². The number of aliphatic carboxylic acids is 1. The Morgan fingerprint density at radius 3 is 2.65 bits per heavy atom. The average molecular weight is 507 g/mol. The van der Waals surface area contributed by atoms with Crippen molar-refractivity contribution >= 4 is 5.97 Å². The third kappa shape index (κ3) is 6.86. The summed E-state index contributed by atoms with van der Waals surface area (Å²) in [7, 11) is 0. The van der Waals surface area contributed by atoms with Gasteiger partial charge in [-0.1, -0.05) is 43.7 Å². The van der Waals surface area contributed by atoms with E-state index in [2.05, 4.69) is 63.0 Å². The maximum atomic E-state index is 12.0. The molecule has 0 spiro atoms. The van der Waals surface area contributed by atoms with Crippen LogP contribution in [0, 0.1) is 18.8 Å². The summed E-state index contributed by atoms with van der Waals surface area (Å²) in [6.45, 7) is 12.9. The Balaban J connectivity index is 1.49. The van der Waals surface area contributed by atoms with Crippen molar-refractivity contribution < 1.29 is 9.90 Å². The summed E-state index contributed by atoms with van der Waals surface area (Å²) in [6, 6.07) is 6.43. The first-order valence-corrected chi connectivity index (χ1v) is 13.8. The molecule has 2 atom stereocenters. The molecule has 3 aromatic rings.